The van der Waals surface area contributed by atoms with Gasteiger partial charge in [0.2, 0.25) is 10.0 Å². The Balaban J connectivity index is 1.30. The van der Waals surface area contributed by atoms with Crippen LogP contribution < -0.4 is 10.1 Å². The van der Waals surface area contributed by atoms with Crippen molar-refractivity contribution in [2.45, 2.75) is 25.8 Å². The molecular weight excluding hydrogens is 472 g/mol. The van der Waals surface area contributed by atoms with E-state index in [-0.39, 0.29) is 11.8 Å². The molecule has 1 N–H and O–H groups in total. The van der Waals surface area contributed by atoms with Gasteiger partial charge in [0.05, 0.1) is 27.9 Å². The lowest BCUT2D eigenvalue weighted by molar-refractivity contribution is 0.327. The summed E-state index contributed by atoms with van der Waals surface area (Å²) in [6.45, 7) is 2.75. The van der Waals surface area contributed by atoms with Gasteiger partial charge in [-0.2, -0.15) is 9.40 Å². The van der Waals surface area contributed by atoms with Gasteiger partial charge in [0.15, 0.2) is 5.13 Å². The first-order valence-corrected chi connectivity index (χ1v) is 13.6. The van der Waals surface area contributed by atoms with Crippen LogP contribution in [0.5, 0.6) is 11.5 Å². The van der Waals surface area contributed by atoms with Gasteiger partial charge in [0.1, 0.15) is 11.5 Å². The van der Waals surface area contributed by atoms with Gasteiger partial charge in [-0.3, -0.25) is 9.67 Å². The molecule has 4 heterocycles. The summed E-state index contributed by atoms with van der Waals surface area (Å²) < 4.78 is 34.9. The Morgan fingerprint density at radius 1 is 1.24 bits per heavy atom. The molecule has 0 aliphatic carbocycles. The van der Waals surface area contributed by atoms with E-state index in [2.05, 4.69) is 20.4 Å². The summed E-state index contributed by atoms with van der Waals surface area (Å²) >= 11 is 1.54. The minimum absolute atomic E-state index is 0.0501. The summed E-state index contributed by atoms with van der Waals surface area (Å²) in [5, 5.41) is 8.42. The number of benzene rings is 1. The maximum atomic E-state index is 12.2. The van der Waals surface area contributed by atoms with E-state index in [0.29, 0.717) is 24.6 Å². The molecule has 0 spiro atoms. The van der Waals surface area contributed by atoms with E-state index in [4.69, 9.17) is 4.74 Å². The number of piperidine rings is 1. The van der Waals surface area contributed by atoms with E-state index in [0.717, 1.165) is 39.4 Å². The maximum absolute atomic E-state index is 12.2. The first kappa shape index (κ1) is 22.8. The van der Waals surface area contributed by atoms with Crippen molar-refractivity contribution in [1.82, 2.24) is 24.1 Å². The minimum atomic E-state index is -3.18. The quantitative estimate of drug-likeness (QED) is 0.409. The second kappa shape index (κ2) is 9.32. The monoisotopic (exact) mass is 498 g/mol. The van der Waals surface area contributed by atoms with Gasteiger partial charge in [0, 0.05) is 56.3 Å². The van der Waals surface area contributed by atoms with Crippen LogP contribution in [0.15, 0.2) is 48.9 Å². The summed E-state index contributed by atoms with van der Waals surface area (Å²) in [5.74, 6) is 1.53. The number of nitrogens with zero attached hydrogens (tertiary/aromatic N) is 5. The largest absolute Gasteiger partial charge is 0.457 e. The molecule has 1 atom stereocenters. The van der Waals surface area contributed by atoms with Gasteiger partial charge in [-0.05, 0) is 38.0 Å². The number of ether oxygens (including phenoxy) is 1. The molecule has 5 rings (SSSR count). The van der Waals surface area contributed by atoms with Crippen molar-refractivity contribution in [3.05, 3.63) is 48.9 Å². The second-order valence-corrected chi connectivity index (χ2v) is 11.6. The van der Waals surface area contributed by atoms with Gasteiger partial charge in [0.25, 0.3) is 0 Å². The van der Waals surface area contributed by atoms with E-state index in [9.17, 15) is 8.42 Å². The molecule has 1 aliphatic heterocycles. The lowest BCUT2D eigenvalue weighted by Crippen LogP contribution is -2.45. The maximum Gasteiger partial charge on any atom is 0.213 e. The zero-order chi connectivity index (χ0) is 23.7. The van der Waals surface area contributed by atoms with Crippen LogP contribution in [0.4, 0.5) is 5.13 Å². The highest BCUT2D eigenvalue weighted by Crippen LogP contribution is 2.33. The van der Waals surface area contributed by atoms with Crippen LogP contribution in [0.1, 0.15) is 19.8 Å². The van der Waals surface area contributed by atoms with Crippen LogP contribution in [0.2, 0.25) is 0 Å². The number of pyridine rings is 1. The zero-order valence-corrected chi connectivity index (χ0v) is 20.6. The number of hydrogen-bond donors (Lipinski definition) is 1. The number of rotatable bonds is 7. The minimum Gasteiger partial charge on any atom is -0.457 e. The van der Waals surface area contributed by atoms with E-state index >= 15 is 0 Å². The molecule has 34 heavy (non-hydrogen) atoms. The molecule has 0 radical (unpaired) electrons. The average Bonchev–Trinajstić information content (AvgIpc) is 3.44. The number of hydrogen-bond acceptors (Lipinski definition) is 8. The van der Waals surface area contributed by atoms with Gasteiger partial charge in [-0.25, -0.2) is 13.4 Å². The van der Waals surface area contributed by atoms with Crippen LogP contribution >= 0.6 is 11.3 Å². The highest BCUT2D eigenvalue weighted by molar-refractivity contribution is 7.89. The summed E-state index contributed by atoms with van der Waals surface area (Å²) in [4.78, 5) is 9.09. The number of fused-ring (bicyclic) bond motifs is 1. The summed E-state index contributed by atoms with van der Waals surface area (Å²) in [7, 11) is -1.31. The molecule has 3 aromatic heterocycles. The van der Waals surface area contributed by atoms with Gasteiger partial charge in [-0.1, -0.05) is 11.3 Å². The summed E-state index contributed by atoms with van der Waals surface area (Å²) in [6, 6.07) is 9.56. The number of sulfonamides is 1. The third-order valence-electron chi connectivity index (χ3n) is 5.80. The Bertz CT molecular complexity index is 1420. The fourth-order valence-corrected chi connectivity index (χ4v) is 6.17. The third-order valence-corrected chi connectivity index (χ3v) is 8.59. The summed E-state index contributed by atoms with van der Waals surface area (Å²) in [5.41, 5.74) is 2.59. The lowest BCUT2D eigenvalue weighted by atomic mass is 10.1. The van der Waals surface area contributed by atoms with Crippen LogP contribution in [-0.2, 0) is 17.1 Å². The van der Waals surface area contributed by atoms with Crippen molar-refractivity contribution in [2.75, 3.05) is 24.2 Å². The Labute approximate surface area is 202 Å². The predicted molar refractivity (Wildman–Crippen MR) is 134 cm³/mol. The number of thiazole rings is 1. The lowest BCUT2D eigenvalue weighted by Gasteiger charge is -2.31. The van der Waals surface area contributed by atoms with E-state index in [1.807, 2.05) is 43.6 Å². The number of anilines is 1. The molecule has 9 nitrogen and oxygen atoms in total. The Kier molecular flexibility index (Phi) is 6.24. The van der Waals surface area contributed by atoms with E-state index in [1.165, 1.54) is 11.3 Å². The van der Waals surface area contributed by atoms with Crippen molar-refractivity contribution < 1.29 is 13.2 Å². The normalized spacial score (nSPS) is 17.2. The van der Waals surface area contributed by atoms with Crippen molar-refractivity contribution in [2.24, 2.45) is 7.05 Å². The second-order valence-electron chi connectivity index (χ2n) is 8.27. The summed E-state index contributed by atoms with van der Waals surface area (Å²) in [6.07, 6.45) is 7.16. The molecule has 4 aromatic rings. The smallest absolute Gasteiger partial charge is 0.213 e. The Hall–Kier alpha value is -3.02. The van der Waals surface area contributed by atoms with Crippen LogP contribution in [-0.4, -0.2) is 57.4 Å². The van der Waals surface area contributed by atoms with Crippen molar-refractivity contribution in [3.8, 4) is 22.8 Å². The van der Waals surface area contributed by atoms with Crippen LogP contribution in [0, 0.1) is 0 Å². The average molecular weight is 499 g/mol. The SMILES string of the molecule is CCS(=O)(=O)N1CCCC(Nc2nc3ccc(Oc4ccnc(-c5cnn(C)c5)c4)cc3s2)C1. The zero-order valence-electron chi connectivity index (χ0n) is 19.0. The standard InChI is InChI=1S/C23H26N6O3S2/c1-3-34(30,31)29-10-4-5-17(15-29)26-23-27-20-7-6-18(12-22(20)33-23)32-19-8-9-24-21(11-19)16-13-25-28(2)14-16/h6-9,11-14,17H,3-5,10,15H2,1-2H3,(H,26,27). The molecular formula is C23H26N6O3S2. The molecule has 0 amide bonds. The molecule has 1 fully saturated rings. The molecule has 178 valence electrons. The third kappa shape index (κ3) is 4.91. The highest BCUT2D eigenvalue weighted by Gasteiger charge is 2.28. The molecule has 1 unspecified atom stereocenters. The van der Waals surface area contributed by atoms with Gasteiger partial charge >= 0.3 is 0 Å². The molecule has 11 heteroatoms. The van der Waals surface area contributed by atoms with Crippen LogP contribution in [0.25, 0.3) is 21.5 Å². The topological polar surface area (TPSA) is 102 Å². The van der Waals surface area contributed by atoms with Gasteiger partial charge < -0.3 is 10.1 Å². The molecule has 0 bridgehead atoms. The van der Waals surface area contributed by atoms with Crippen LogP contribution in [0.3, 0.4) is 0 Å². The highest BCUT2D eigenvalue weighted by atomic mass is 32.2. The van der Waals surface area contributed by atoms with Crippen molar-refractivity contribution in [3.63, 3.8) is 0 Å². The number of nitrogens with one attached hydrogen (secondary N) is 1. The molecule has 1 aliphatic rings. The molecule has 1 aromatic carbocycles. The van der Waals surface area contributed by atoms with E-state index in [1.54, 1.807) is 28.3 Å². The fourth-order valence-electron chi connectivity index (χ4n) is 4.02. The molecule has 1 saturated heterocycles. The number of aryl methyl sites for hydroxylation is 1. The van der Waals surface area contributed by atoms with Crippen molar-refractivity contribution in [1.29, 1.82) is 0 Å². The first-order chi connectivity index (χ1) is 16.4. The Morgan fingerprint density at radius 2 is 2.09 bits per heavy atom. The first-order valence-electron chi connectivity index (χ1n) is 11.2. The molecule has 0 saturated carbocycles. The van der Waals surface area contributed by atoms with Crippen molar-refractivity contribution >= 4 is 36.7 Å². The van der Waals surface area contributed by atoms with Gasteiger partial charge in [-0.15, -0.1) is 0 Å². The number of aromatic nitrogens is 4. The fraction of sp³-hybridized carbons (Fsp3) is 0.348. The van der Waals surface area contributed by atoms with E-state index < -0.39 is 10.0 Å². The predicted octanol–water partition coefficient (Wildman–Crippen LogP) is 4.11. The Morgan fingerprint density at radius 3 is 2.88 bits per heavy atom.